The van der Waals surface area contributed by atoms with Crippen LogP contribution in [0.2, 0.25) is 0 Å². The molecule has 1 fully saturated rings. The summed E-state index contributed by atoms with van der Waals surface area (Å²) in [6.07, 6.45) is 2.09. The van der Waals surface area contributed by atoms with Crippen molar-refractivity contribution in [3.8, 4) is 0 Å². The summed E-state index contributed by atoms with van der Waals surface area (Å²) in [5.41, 5.74) is 1.96. The van der Waals surface area contributed by atoms with E-state index in [2.05, 4.69) is 11.4 Å². The number of likely N-dealkylation sites (tertiary alicyclic amines) is 1. The minimum absolute atomic E-state index is 0. The zero-order valence-corrected chi connectivity index (χ0v) is 13.8. The first-order valence-electron chi connectivity index (χ1n) is 8.09. The molecule has 0 radical (unpaired) electrons. The van der Waals surface area contributed by atoms with Gasteiger partial charge in [-0.25, -0.2) is 0 Å². The van der Waals surface area contributed by atoms with E-state index in [9.17, 15) is 9.59 Å². The van der Waals surface area contributed by atoms with E-state index in [1.807, 2.05) is 36.9 Å². The fraction of sp³-hybridized carbons (Fsp3) is 0.556. The van der Waals surface area contributed by atoms with Gasteiger partial charge in [0.1, 0.15) is 0 Å². The van der Waals surface area contributed by atoms with Gasteiger partial charge in [0, 0.05) is 31.9 Å². The van der Waals surface area contributed by atoms with Gasteiger partial charge in [-0.05, 0) is 31.5 Å². The minimum Gasteiger partial charge on any atom is -0.341 e. The third-order valence-corrected chi connectivity index (χ3v) is 4.27. The van der Waals surface area contributed by atoms with Crippen LogP contribution < -0.4 is 5.32 Å². The summed E-state index contributed by atoms with van der Waals surface area (Å²) in [7, 11) is 1.79. The molecule has 1 atom stereocenters. The topological polar surface area (TPSA) is 49.4 Å². The van der Waals surface area contributed by atoms with E-state index < -0.39 is 0 Å². The molecule has 0 aromatic heterocycles. The molecule has 0 saturated carbocycles. The zero-order valence-electron chi connectivity index (χ0n) is 13.8. The molecule has 1 amide bonds. The molecule has 122 valence electrons. The summed E-state index contributed by atoms with van der Waals surface area (Å²) in [6.45, 7) is 5.82. The Bertz CT molecular complexity index is 546. The van der Waals surface area contributed by atoms with E-state index in [1.54, 1.807) is 7.05 Å². The fourth-order valence-corrected chi connectivity index (χ4v) is 3.02. The van der Waals surface area contributed by atoms with Crippen molar-refractivity contribution in [2.75, 3.05) is 26.7 Å². The molecule has 0 bridgehead atoms. The van der Waals surface area contributed by atoms with Crippen LogP contribution in [0.25, 0.3) is 0 Å². The largest absolute Gasteiger partial charge is 0.341 e. The first kappa shape index (κ1) is 16.7. The molecular formula is C18H28N2O2. The van der Waals surface area contributed by atoms with Gasteiger partial charge in [0.2, 0.25) is 5.91 Å². The minimum atomic E-state index is 0. The van der Waals surface area contributed by atoms with Gasteiger partial charge in [0.25, 0.3) is 0 Å². The van der Waals surface area contributed by atoms with Gasteiger partial charge >= 0.3 is 0 Å². The van der Waals surface area contributed by atoms with Gasteiger partial charge in [0.15, 0.2) is 5.78 Å². The normalized spacial score (nSPS) is 18.5. The summed E-state index contributed by atoms with van der Waals surface area (Å²) in [5, 5.41) is 2.92. The molecule has 22 heavy (non-hydrogen) atoms. The number of Topliss-reactive ketones (excluding diaryl/α,β-unsaturated/α-hetero) is 1. The standard InChI is InChI=1S/C18H26N2O2.H2/c1-13(2)18(22)15-7-4-6-14(10-15)16-8-5-9-20(12-16)17(21)11-19-3;/h4,6-7,10,13,16,19H,5,8-9,11-12H2,1-3H3;1H/t16-;/m1./s1. The van der Waals surface area contributed by atoms with Gasteiger partial charge < -0.3 is 10.2 Å². The monoisotopic (exact) mass is 304 g/mol. The van der Waals surface area contributed by atoms with Crippen LogP contribution in [0.1, 0.15) is 50.0 Å². The lowest BCUT2D eigenvalue weighted by molar-refractivity contribution is -0.131. The van der Waals surface area contributed by atoms with Crippen LogP contribution in [0.3, 0.4) is 0 Å². The maximum Gasteiger partial charge on any atom is 0.236 e. The van der Waals surface area contributed by atoms with Crippen LogP contribution in [0, 0.1) is 5.92 Å². The summed E-state index contributed by atoms with van der Waals surface area (Å²) < 4.78 is 0. The molecule has 4 heteroatoms. The molecule has 2 rings (SSSR count). The fourth-order valence-electron chi connectivity index (χ4n) is 3.02. The molecule has 1 saturated heterocycles. The van der Waals surface area contributed by atoms with Gasteiger partial charge in [-0.15, -0.1) is 0 Å². The maximum absolute atomic E-state index is 12.2. The van der Waals surface area contributed by atoms with Crippen molar-refractivity contribution in [3.05, 3.63) is 35.4 Å². The smallest absolute Gasteiger partial charge is 0.236 e. The molecular weight excluding hydrogens is 276 g/mol. The van der Waals surface area contributed by atoms with Crippen LogP contribution >= 0.6 is 0 Å². The highest BCUT2D eigenvalue weighted by molar-refractivity contribution is 5.97. The summed E-state index contributed by atoms with van der Waals surface area (Å²) >= 11 is 0. The van der Waals surface area contributed by atoms with Crippen LogP contribution in [0.5, 0.6) is 0 Å². The molecule has 1 aromatic carbocycles. The number of carbonyl (C=O) groups is 2. The Hall–Kier alpha value is -1.68. The third-order valence-electron chi connectivity index (χ3n) is 4.27. The number of hydrogen-bond donors (Lipinski definition) is 1. The van der Waals surface area contributed by atoms with Crippen LogP contribution in [-0.2, 0) is 4.79 Å². The van der Waals surface area contributed by atoms with Crippen LogP contribution in [-0.4, -0.2) is 43.3 Å². The number of benzene rings is 1. The van der Waals surface area contributed by atoms with Crippen molar-refractivity contribution in [1.82, 2.24) is 10.2 Å². The number of piperidine rings is 1. The van der Waals surface area contributed by atoms with Crippen molar-refractivity contribution in [2.45, 2.75) is 32.6 Å². The number of rotatable bonds is 5. The highest BCUT2D eigenvalue weighted by Gasteiger charge is 2.24. The Morgan fingerprint density at radius 1 is 1.41 bits per heavy atom. The van der Waals surface area contributed by atoms with Gasteiger partial charge in [-0.1, -0.05) is 32.0 Å². The van der Waals surface area contributed by atoms with Gasteiger partial charge in [-0.3, -0.25) is 9.59 Å². The Morgan fingerprint density at radius 3 is 2.86 bits per heavy atom. The van der Waals surface area contributed by atoms with Crippen molar-refractivity contribution in [2.24, 2.45) is 5.92 Å². The van der Waals surface area contributed by atoms with Crippen molar-refractivity contribution in [1.29, 1.82) is 0 Å². The molecule has 0 unspecified atom stereocenters. The molecule has 1 heterocycles. The Morgan fingerprint density at radius 2 is 2.18 bits per heavy atom. The van der Waals surface area contributed by atoms with E-state index in [1.165, 1.54) is 5.56 Å². The van der Waals surface area contributed by atoms with Crippen LogP contribution in [0.4, 0.5) is 0 Å². The first-order chi connectivity index (χ1) is 10.5. The highest BCUT2D eigenvalue weighted by Crippen LogP contribution is 2.28. The lowest BCUT2D eigenvalue weighted by Crippen LogP contribution is -2.42. The average molecular weight is 304 g/mol. The number of likely N-dealkylation sites (N-methyl/N-ethyl adjacent to an activating group) is 1. The lowest BCUT2D eigenvalue weighted by Gasteiger charge is -2.33. The van der Waals surface area contributed by atoms with E-state index >= 15 is 0 Å². The number of nitrogens with one attached hydrogen (secondary N) is 1. The summed E-state index contributed by atoms with van der Waals surface area (Å²) in [5.74, 6) is 0.673. The Kier molecular flexibility index (Phi) is 5.72. The second-order valence-corrected chi connectivity index (χ2v) is 6.35. The first-order valence-corrected chi connectivity index (χ1v) is 8.09. The quantitative estimate of drug-likeness (QED) is 0.851. The number of hydrogen-bond acceptors (Lipinski definition) is 3. The summed E-state index contributed by atoms with van der Waals surface area (Å²) in [6, 6.07) is 7.94. The van der Waals surface area contributed by atoms with Crippen molar-refractivity contribution >= 4 is 11.7 Å². The molecule has 4 nitrogen and oxygen atoms in total. The number of nitrogens with zero attached hydrogens (tertiary/aromatic N) is 1. The molecule has 1 aromatic rings. The van der Waals surface area contributed by atoms with Crippen LogP contribution in [0.15, 0.2) is 24.3 Å². The van der Waals surface area contributed by atoms with E-state index in [-0.39, 0.29) is 19.0 Å². The number of ketones is 1. The van der Waals surface area contributed by atoms with E-state index in [0.717, 1.165) is 31.5 Å². The Labute approximate surface area is 134 Å². The summed E-state index contributed by atoms with van der Waals surface area (Å²) in [4.78, 5) is 26.1. The van der Waals surface area contributed by atoms with E-state index in [0.29, 0.717) is 12.5 Å². The third kappa shape index (κ3) is 3.95. The SMILES string of the molecule is CNCC(=O)N1CCC[C@@H](c2cccc(C(=O)C(C)C)c2)C1.[HH]. The van der Waals surface area contributed by atoms with E-state index in [4.69, 9.17) is 0 Å². The molecule has 1 N–H and O–H groups in total. The predicted molar refractivity (Wildman–Crippen MR) is 90.2 cm³/mol. The highest BCUT2D eigenvalue weighted by atomic mass is 16.2. The van der Waals surface area contributed by atoms with Gasteiger partial charge in [-0.2, -0.15) is 0 Å². The second-order valence-electron chi connectivity index (χ2n) is 6.35. The number of amides is 1. The number of carbonyl (C=O) groups excluding carboxylic acids is 2. The second kappa shape index (κ2) is 7.54. The zero-order chi connectivity index (χ0) is 16.1. The van der Waals surface area contributed by atoms with Gasteiger partial charge in [0.05, 0.1) is 6.54 Å². The molecule has 1 aliphatic heterocycles. The predicted octanol–water partition coefficient (Wildman–Crippen LogP) is 2.70. The lowest BCUT2D eigenvalue weighted by atomic mass is 9.88. The molecule has 0 aliphatic carbocycles. The Balaban J connectivity index is 0.00000264. The average Bonchev–Trinajstić information content (AvgIpc) is 2.54. The van der Waals surface area contributed by atoms with Crippen molar-refractivity contribution in [3.63, 3.8) is 0 Å². The van der Waals surface area contributed by atoms with Crippen molar-refractivity contribution < 1.29 is 11.0 Å². The molecule has 1 aliphatic rings. The molecule has 0 spiro atoms. The maximum atomic E-state index is 12.2.